The standard InChI is InChI=1S/C36H45N9O5/c1-20-25(15-27(44-30-7-5-6-10-38-30)24-14-23(50-32(24)49)13-22-17-41-33(37)42-18-22)35(3)9-8-29(47)36(4,19-46)28(35)16-26(20)43-21(2)31(48)45-34-39-11-12-40-34/h5-7,10-14,17-18,21,25-29,43,46-47H,1,8-9,15-16,19H2,2-4H3,(H,38,44)(H2,37,41,42)(H2,39,40,45,48)/b23-13+/t21?,25?,26?,27?,28?,29-,35-,36+/m1/s1. The Hall–Kier alpha value is -4.92. The molecule has 8 atom stereocenters. The maximum absolute atomic E-state index is 13.6. The normalized spacial score (nSPS) is 29.9. The van der Waals surface area contributed by atoms with Gasteiger partial charge in [0.2, 0.25) is 17.8 Å². The number of esters is 1. The number of pyridine rings is 1. The van der Waals surface area contributed by atoms with E-state index < -0.39 is 35.0 Å². The number of rotatable bonds is 11. The Morgan fingerprint density at radius 1 is 1.22 bits per heavy atom. The zero-order valence-corrected chi connectivity index (χ0v) is 28.5. The van der Waals surface area contributed by atoms with Crippen LogP contribution < -0.4 is 21.7 Å². The second-order valence-electron chi connectivity index (χ2n) is 14.1. The lowest BCUT2D eigenvalue weighted by Gasteiger charge is -2.62. The van der Waals surface area contributed by atoms with Crippen LogP contribution in [0.3, 0.4) is 0 Å². The number of carbonyl (C=O) groups excluding carboxylic acids is 2. The molecule has 2 saturated carbocycles. The summed E-state index contributed by atoms with van der Waals surface area (Å²) in [5.41, 5.74) is 6.33. The van der Waals surface area contributed by atoms with Crippen molar-refractivity contribution in [2.45, 2.75) is 70.7 Å². The van der Waals surface area contributed by atoms with Gasteiger partial charge in [0.1, 0.15) is 11.6 Å². The Bertz CT molecular complexity index is 1760. The minimum absolute atomic E-state index is 0.138. The van der Waals surface area contributed by atoms with Gasteiger partial charge in [-0.1, -0.05) is 32.1 Å². The van der Waals surface area contributed by atoms with E-state index in [1.165, 1.54) is 0 Å². The van der Waals surface area contributed by atoms with Crippen LogP contribution in [-0.4, -0.2) is 77.8 Å². The van der Waals surface area contributed by atoms with Crippen molar-refractivity contribution in [3.05, 3.63) is 84.3 Å². The highest BCUT2D eigenvalue weighted by Gasteiger charge is 2.60. The number of allylic oxidation sites excluding steroid dienone is 1. The number of nitrogen functional groups attached to an aromatic ring is 1. The Kier molecular flexibility index (Phi) is 9.87. The van der Waals surface area contributed by atoms with Gasteiger partial charge in [-0.2, -0.15) is 0 Å². The number of fused-ring (bicyclic) bond motifs is 1. The highest BCUT2D eigenvalue weighted by atomic mass is 16.5. The second kappa shape index (κ2) is 14.1. The number of nitrogens with one attached hydrogen (secondary N) is 4. The van der Waals surface area contributed by atoms with Gasteiger partial charge >= 0.3 is 5.97 Å². The molecule has 14 nitrogen and oxygen atoms in total. The number of aliphatic hydroxyl groups is 2. The van der Waals surface area contributed by atoms with Crippen molar-refractivity contribution in [3.63, 3.8) is 0 Å². The molecule has 6 rings (SSSR count). The number of hydrogen-bond acceptors (Lipinski definition) is 12. The molecule has 8 N–H and O–H groups in total. The summed E-state index contributed by atoms with van der Waals surface area (Å²) in [6.07, 6.45) is 12.8. The monoisotopic (exact) mass is 683 g/mol. The summed E-state index contributed by atoms with van der Waals surface area (Å²) in [5.74, 6) is 0.255. The van der Waals surface area contributed by atoms with Crippen LogP contribution >= 0.6 is 0 Å². The van der Waals surface area contributed by atoms with Gasteiger partial charge in [0.05, 0.1) is 30.4 Å². The number of aliphatic hydroxyl groups excluding tert-OH is 2. The van der Waals surface area contributed by atoms with Crippen LogP contribution in [-0.2, 0) is 14.3 Å². The van der Waals surface area contributed by atoms with Gasteiger partial charge in [-0.3, -0.25) is 15.4 Å². The van der Waals surface area contributed by atoms with Crippen molar-refractivity contribution < 1.29 is 24.5 Å². The zero-order chi connectivity index (χ0) is 35.6. The summed E-state index contributed by atoms with van der Waals surface area (Å²) in [6.45, 7) is 10.3. The highest BCUT2D eigenvalue weighted by molar-refractivity contribution is 5.95. The van der Waals surface area contributed by atoms with Crippen molar-refractivity contribution in [3.8, 4) is 0 Å². The van der Waals surface area contributed by atoms with Gasteiger partial charge in [-0.05, 0) is 74.1 Å². The summed E-state index contributed by atoms with van der Waals surface area (Å²) in [4.78, 5) is 46.3. The summed E-state index contributed by atoms with van der Waals surface area (Å²) >= 11 is 0. The maximum Gasteiger partial charge on any atom is 0.341 e. The minimum atomic E-state index is -0.807. The van der Waals surface area contributed by atoms with E-state index >= 15 is 0 Å². The first-order chi connectivity index (χ1) is 23.9. The average molecular weight is 684 g/mol. The largest absolute Gasteiger partial charge is 0.423 e. The van der Waals surface area contributed by atoms with Crippen LogP contribution in [0, 0.1) is 22.7 Å². The fourth-order valence-electron chi connectivity index (χ4n) is 8.13. The van der Waals surface area contributed by atoms with Crippen molar-refractivity contribution in [2.75, 3.05) is 23.0 Å². The number of imidazole rings is 1. The SMILES string of the molecule is C=C1C(NC(C)C(=O)Nc2ncc[nH]2)CC2[C@](C)(CC[C@@H](O)[C@@]2(C)CO)C1CC(Nc1ccccn1)C1=C/C(=C\c2cnc(N)nc2)OC1=O. The first kappa shape index (κ1) is 34.9. The predicted molar refractivity (Wildman–Crippen MR) is 188 cm³/mol. The number of nitrogens with zero attached hydrogens (tertiary/aromatic N) is 4. The van der Waals surface area contributed by atoms with E-state index in [1.54, 1.807) is 50.1 Å². The molecule has 14 heteroatoms. The van der Waals surface area contributed by atoms with E-state index in [9.17, 15) is 19.8 Å². The summed E-state index contributed by atoms with van der Waals surface area (Å²) in [6, 6.07) is 3.99. The molecule has 3 aromatic heterocycles. The number of cyclic esters (lactones) is 1. The molecule has 0 spiro atoms. The van der Waals surface area contributed by atoms with E-state index in [2.05, 4.69) is 54.4 Å². The lowest BCUT2D eigenvalue weighted by Crippen LogP contribution is -2.62. The first-order valence-corrected chi connectivity index (χ1v) is 16.9. The third kappa shape index (κ3) is 6.91. The van der Waals surface area contributed by atoms with E-state index in [0.717, 1.165) is 5.57 Å². The average Bonchev–Trinajstić information content (AvgIpc) is 3.75. The van der Waals surface area contributed by atoms with Crippen LogP contribution in [0.1, 0.15) is 52.0 Å². The molecule has 50 heavy (non-hydrogen) atoms. The number of nitrogens with two attached hydrogens (primary N) is 1. The van der Waals surface area contributed by atoms with E-state index in [0.29, 0.717) is 54.3 Å². The van der Waals surface area contributed by atoms with Gasteiger partial charge in [0.15, 0.2) is 0 Å². The fourth-order valence-corrected chi connectivity index (χ4v) is 8.13. The number of aromatic amines is 1. The van der Waals surface area contributed by atoms with Gasteiger partial charge in [-0.25, -0.2) is 24.7 Å². The first-order valence-electron chi connectivity index (χ1n) is 16.9. The molecule has 4 heterocycles. The van der Waals surface area contributed by atoms with E-state index in [4.69, 9.17) is 10.5 Å². The summed E-state index contributed by atoms with van der Waals surface area (Å²) in [7, 11) is 0. The third-order valence-corrected chi connectivity index (χ3v) is 11.0. The quantitative estimate of drug-likeness (QED) is 0.115. The van der Waals surface area contributed by atoms with Crippen LogP contribution in [0.4, 0.5) is 17.7 Å². The summed E-state index contributed by atoms with van der Waals surface area (Å²) in [5, 5.41) is 31.8. The maximum atomic E-state index is 13.6. The Balaban J connectivity index is 1.35. The summed E-state index contributed by atoms with van der Waals surface area (Å²) < 4.78 is 5.71. The molecule has 264 valence electrons. The number of carbonyl (C=O) groups is 2. The van der Waals surface area contributed by atoms with Crippen molar-refractivity contribution in [2.24, 2.45) is 22.7 Å². The zero-order valence-electron chi connectivity index (χ0n) is 28.5. The number of anilines is 3. The lowest BCUT2D eigenvalue weighted by atomic mass is 9.45. The molecule has 1 aliphatic heterocycles. The number of H-pyrrole nitrogens is 1. The van der Waals surface area contributed by atoms with Crippen molar-refractivity contribution >= 4 is 35.7 Å². The third-order valence-electron chi connectivity index (χ3n) is 11.0. The van der Waals surface area contributed by atoms with E-state index in [1.807, 2.05) is 25.1 Å². The molecular formula is C36H45N9O5. The number of amides is 1. The van der Waals surface area contributed by atoms with Crippen LogP contribution in [0.5, 0.6) is 0 Å². The van der Waals surface area contributed by atoms with Gasteiger partial charge in [-0.15, -0.1) is 0 Å². The highest BCUT2D eigenvalue weighted by Crippen LogP contribution is 2.62. The molecule has 0 radical (unpaired) electrons. The minimum Gasteiger partial charge on any atom is -0.423 e. The van der Waals surface area contributed by atoms with Gasteiger partial charge in [0.25, 0.3) is 0 Å². The number of ether oxygens (including phenoxy) is 1. The fraction of sp³-hybridized carbons (Fsp3) is 0.444. The molecule has 1 amide bonds. The molecule has 2 aliphatic carbocycles. The Morgan fingerprint density at radius 2 is 2.00 bits per heavy atom. The smallest absolute Gasteiger partial charge is 0.341 e. The molecule has 0 saturated heterocycles. The number of hydrogen-bond donors (Lipinski definition) is 7. The van der Waals surface area contributed by atoms with Gasteiger partial charge < -0.3 is 31.0 Å². The molecular weight excluding hydrogens is 638 g/mol. The molecule has 3 aromatic rings. The lowest BCUT2D eigenvalue weighted by molar-refractivity contribution is -0.156. The molecule has 0 bridgehead atoms. The molecule has 3 aliphatic rings. The van der Waals surface area contributed by atoms with Crippen LogP contribution in [0.25, 0.3) is 6.08 Å². The molecule has 5 unspecified atom stereocenters. The predicted octanol–water partition coefficient (Wildman–Crippen LogP) is 3.21. The van der Waals surface area contributed by atoms with E-state index in [-0.39, 0.29) is 36.3 Å². The van der Waals surface area contributed by atoms with Crippen LogP contribution in [0.2, 0.25) is 0 Å². The Morgan fingerprint density at radius 3 is 2.68 bits per heavy atom. The number of aromatic nitrogens is 5. The second-order valence-corrected chi connectivity index (χ2v) is 14.1. The molecule has 0 aromatic carbocycles. The topological polar surface area (TPSA) is 213 Å². The molecule has 2 fully saturated rings. The van der Waals surface area contributed by atoms with Crippen molar-refractivity contribution in [1.29, 1.82) is 0 Å². The van der Waals surface area contributed by atoms with Crippen molar-refractivity contribution in [1.82, 2.24) is 30.2 Å². The van der Waals surface area contributed by atoms with Crippen LogP contribution in [0.15, 0.2) is 78.7 Å². The van der Waals surface area contributed by atoms with Gasteiger partial charge in [0, 0.05) is 48.0 Å². The Labute approximate surface area is 290 Å².